The number of sulfone groups is 1. The van der Waals surface area contributed by atoms with Crippen molar-refractivity contribution in [1.29, 1.82) is 0 Å². The summed E-state index contributed by atoms with van der Waals surface area (Å²) in [7, 11) is -2.90. The van der Waals surface area contributed by atoms with E-state index in [1.165, 1.54) is 5.56 Å². The van der Waals surface area contributed by atoms with Crippen molar-refractivity contribution in [2.24, 2.45) is 0 Å². The van der Waals surface area contributed by atoms with Gasteiger partial charge < -0.3 is 5.32 Å². The van der Waals surface area contributed by atoms with E-state index in [-0.39, 0.29) is 11.0 Å². The average molecular weight is 239 g/mol. The molecule has 0 aromatic heterocycles. The second-order valence-corrected chi connectivity index (χ2v) is 6.72. The molecule has 1 aliphatic rings. The third kappa shape index (κ3) is 2.44. The zero-order valence-electron chi connectivity index (χ0n) is 9.44. The van der Waals surface area contributed by atoms with Crippen LogP contribution in [-0.2, 0) is 16.3 Å². The minimum absolute atomic E-state index is 0.156. The summed E-state index contributed by atoms with van der Waals surface area (Å²) in [4.78, 5) is 0. The van der Waals surface area contributed by atoms with Crippen molar-refractivity contribution in [1.82, 2.24) is 5.32 Å². The summed E-state index contributed by atoms with van der Waals surface area (Å²) >= 11 is 0. The van der Waals surface area contributed by atoms with E-state index in [1.807, 2.05) is 31.2 Å². The Morgan fingerprint density at radius 3 is 2.56 bits per heavy atom. The Balaban J connectivity index is 1.99. The molecular weight excluding hydrogens is 222 g/mol. The summed E-state index contributed by atoms with van der Waals surface area (Å²) < 4.78 is 23.7. The maximum Gasteiger partial charge on any atom is 0.155 e. The minimum Gasteiger partial charge on any atom is -0.314 e. The van der Waals surface area contributed by atoms with Gasteiger partial charge in [-0.2, -0.15) is 0 Å². The lowest BCUT2D eigenvalue weighted by Crippen LogP contribution is -2.52. The molecule has 1 heterocycles. The number of hydrogen-bond donors (Lipinski definition) is 1. The van der Waals surface area contributed by atoms with Crippen LogP contribution in [0.5, 0.6) is 0 Å². The lowest BCUT2D eigenvalue weighted by Gasteiger charge is -2.26. The van der Waals surface area contributed by atoms with Gasteiger partial charge in [0.05, 0.1) is 11.0 Å². The number of benzene rings is 1. The molecule has 0 bridgehead atoms. The van der Waals surface area contributed by atoms with Crippen LogP contribution >= 0.6 is 0 Å². The second-order valence-electron chi connectivity index (χ2n) is 4.32. The van der Waals surface area contributed by atoms with Crippen LogP contribution in [0.1, 0.15) is 11.1 Å². The molecule has 3 nitrogen and oxygen atoms in total. The highest BCUT2D eigenvalue weighted by Crippen LogP contribution is 2.13. The minimum atomic E-state index is -2.90. The third-order valence-electron chi connectivity index (χ3n) is 3.17. The first kappa shape index (κ1) is 11.6. The standard InChI is InChI=1S/C12H17NO2S/c1-10-4-2-3-5-11(10)6-7-16(14,15)12-8-13-9-12/h2-5,12-13H,6-9H2,1H3. The lowest BCUT2D eigenvalue weighted by molar-refractivity contribution is 0.495. The Hall–Kier alpha value is -0.870. The molecule has 0 saturated carbocycles. The zero-order chi connectivity index (χ0) is 11.6. The van der Waals surface area contributed by atoms with E-state index >= 15 is 0 Å². The van der Waals surface area contributed by atoms with Gasteiger partial charge in [-0.15, -0.1) is 0 Å². The van der Waals surface area contributed by atoms with Gasteiger partial charge >= 0.3 is 0 Å². The summed E-state index contributed by atoms with van der Waals surface area (Å²) in [6.45, 7) is 3.26. The highest BCUT2D eigenvalue weighted by molar-refractivity contribution is 7.92. The van der Waals surface area contributed by atoms with Crippen LogP contribution in [0.2, 0.25) is 0 Å². The molecule has 1 saturated heterocycles. The summed E-state index contributed by atoms with van der Waals surface area (Å²) in [6, 6.07) is 7.96. The molecule has 1 aromatic rings. The molecule has 1 fully saturated rings. The molecule has 16 heavy (non-hydrogen) atoms. The van der Waals surface area contributed by atoms with E-state index in [1.54, 1.807) is 0 Å². The first-order valence-electron chi connectivity index (χ1n) is 5.56. The van der Waals surface area contributed by atoms with Crippen LogP contribution in [0.25, 0.3) is 0 Å². The number of nitrogens with one attached hydrogen (secondary N) is 1. The number of rotatable bonds is 4. The normalized spacial score (nSPS) is 17.1. The van der Waals surface area contributed by atoms with E-state index in [2.05, 4.69) is 5.32 Å². The molecule has 1 aromatic carbocycles. The van der Waals surface area contributed by atoms with Crippen molar-refractivity contribution in [2.45, 2.75) is 18.6 Å². The molecular formula is C12H17NO2S. The monoisotopic (exact) mass is 239 g/mol. The predicted molar refractivity (Wildman–Crippen MR) is 65.3 cm³/mol. The van der Waals surface area contributed by atoms with Crippen LogP contribution in [0.4, 0.5) is 0 Å². The highest BCUT2D eigenvalue weighted by Gasteiger charge is 2.30. The molecule has 0 atom stereocenters. The van der Waals surface area contributed by atoms with Crippen LogP contribution in [0, 0.1) is 6.92 Å². The smallest absolute Gasteiger partial charge is 0.155 e. The van der Waals surface area contributed by atoms with Gasteiger partial charge in [-0.3, -0.25) is 0 Å². The topological polar surface area (TPSA) is 46.2 Å². The Labute approximate surface area is 96.8 Å². The van der Waals surface area contributed by atoms with Crippen molar-refractivity contribution in [2.75, 3.05) is 18.8 Å². The van der Waals surface area contributed by atoms with Gasteiger partial charge in [0, 0.05) is 13.1 Å². The Kier molecular flexibility index (Phi) is 3.30. The molecule has 0 spiro atoms. The van der Waals surface area contributed by atoms with Crippen molar-refractivity contribution in [3.8, 4) is 0 Å². The molecule has 2 rings (SSSR count). The SMILES string of the molecule is Cc1ccccc1CCS(=O)(=O)C1CNC1. The maximum absolute atomic E-state index is 11.9. The van der Waals surface area contributed by atoms with Gasteiger partial charge in [0.25, 0.3) is 0 Å². The summed E-state index contributed by atoms with van der Waals surface area (Å²) in [6.07, 6.45) is 0.630. The second kappa shape index (κ2) is 4.55. The van der Waals surface area contributed by atoms with Gasteiger partial charge in [-0.05, 0) is 24.5 Å². The average Bonchev–Trinajstić information content (AvgIpc) is 2.13. The fourth-order valence-electron chi connectivity index (χ4n) is 1.83. The van der Waals surface area contributed by atoms with Crippen molar-refractivity contribution < 1.29 is 8.42 Å². The molecule has 0 radical (unpaired) electrons. The van der Waals surface area contributed by atoms with E-state index in [4.69, 9.17) is 0 Å². The quantitative estimate of drug-likeness (QED) is 0.850. The molecule has 0 aliphatic carbocycles. The largest absolute Gasteiger partial charge is 0.314 e. The molecule has 0 unspecified atom stereocenters. The maximum atomic E-state index is 11.9. The molecule has 0 amide bonds. The summed E-state index contributed by atoms with van der Waals surface area (Å²) in [5, 5.41) is 2.84. The molecule has 4 heteroatoms. The van der Waals surface area contributed by atoms with Gasteiger partial charge in [-0.1, -0.05) is 24.3 Å². The van der Waals surface area contributed by atoms with Crippen LogP contribution < -0.4 is 5.32 Å². The van der Waals surface area contributed by atoms with Crippen molar-refractivity contribution in [3.05, 3.63) is 35.4 Å². The fourth-order valence-corrected chi connectivity index (χ4v) is 3.41. The Morgan fingerprint density at radius 2 is 2.00 bits per heavy atom. The first-order valence-corrected chi connectivity index (χ1v) is 7.28. The van der Waals surface area contributed by atoms with E-state index < -0.39 is 9.84 Å². The summed E-state index contributed by atoms with van der Waals surface area (Å²) in [5.74, 6) is 0.268. The Morgan fingerprint density at radius 1 is 1.31 bits per heavy atom. The number of hydrogen-bond acceptors (Lipinski definition) is 3. The van der Waals surface area contributed by atoms with Gasteiger partial charge in [0.2, 0.25) is 0 Å². The molecule has 1 aliphatic heterocycles. The van der Waals surface area contributed by atoms with Gasteiger partial charge in [0.15, 0.2) is 9.84 Å². The van der Waals surface area contributed by atoms with Gasteiger partial charge in [0.1, 0.15) is 0 Å². The highest BCUT2D eigenvalue weighted by atomic mass is 32.2. The van der Waals surface area contributed by atoms with Crippen molar-refractivity contribution >= 4 is 9.84 Å². The predicted octanol–water partition coefficient (Wildman–Crippen LogP) is 0.924. The molecule has 1 N–H and O–H groups in total. The molecule has 88 valence electrons. The third-order valence-corrected chi connectivity index (χ3v) is 5.29. The lowest BCUT2D eigenvalue weighted by atomic mass is 10.1. The van der Waals surface area contributed by atoms with Crippen LogP contribution in [0.15, 0.2) is 24.3 Å². The van der Waals surface area contributed by atoms with E-state index in [0.29, 0.717) is 19.5 Å². The van der Waals surface area contributed by atoms with Crippen LogP contribution in [-0.4, -0.2) is 32.5 Å². The zero-order valence-corrected chi connectivity index (χ0v) is 10.3. The summed E-state index contributed by atoms with van der Waals surface area (Å²) in [5.41, 5.74) is 2.31. The Bertz CT molecular complexity index is 464. The van der Waals surface area contributed by atoms with Crippen molar-refractivity contribution in [3.63, 3.8) is 0 Å². The van der Waals surface area contributed by atoms with E-state index in [0.717, 1.165) is 5.56 Å². The fraction of sp³-hybridized carbons (Fsp3) is 0.500. The van der Waals surface area contributed by atoms with Gasteiger partial charge in [-0.25, -0.2) is 8.42 Å². The van der Waals surface area contributed by atoms with E-state index in [9.17, 15) is 8.42 Å². The first-order chi connectivity index (χ1) is 7.59. The number of aryl methyl sites for hydroxylation is 2. The van der Waals surface area contributed by atoms with Crippen LogP contribution in [0.3, 0.4) is 0 Å².